The quantitative estimate of drug-likeness (QED) is 0.663. The first-order valence-electron chi connectivity index (χ1n) is 7.32. The average Bonchev–Trinajstić information content (AvgIpc) is 2.61. The van der Waals surface area contributed by atoms with Gasteiger partial charge in [0.05, 0.1) is 6.61 Å². The van der Waals surface area contributed by atoms with Crippen molar-refractivity contribution in [3.8, 4) is 0 Å². The molecule has 2 N–H and O–H groups in total. The first-order chi connectivity index (χ1) is 9.78. The monoisotopic (exact) mass is 299 g/mol. The number of aliphatic hydroxyl groups is 1. The number of amides is 4. The molecule has 1 rings (SSSR count). The van der Waals surface area contributed by atoms with E-state index in [9.17, 15) is 14.4 Å². The minimum absolute atomic E-state index is 0.00146. The predicted octanol–water partition coefficient (Wildman–Crippen LogP) is 0.326. The Hall–Kier alpha value is -1.63. The Kier molecular flexibility index (Phi) is 5.71. The Bertz CT molecular complexity index is 418. The van der Waals surface area contributed by atoms with Gasteiger partial charge in [-0.3, -0.25) is 14.5 Å². The molecule has 7 heteroatoms. The number of aliphatic hydroxyl groups excluding tert-OH is 1. The summed E-state index contributed by atoms with van der Waals surface area (Å²) in [5.74, 6) is -0.728. The second-order valence-electron chi connectivity index (χ2n) is 5.73. The standard InChI is InChI=1S/C14H25N3O4/c1-5-10(6-2)16(7-8-18)11(19)9-17-12(20)14(3,4)15-13(17)21/h10,18H,5-9H2,1-4H3,(H,15,21). The van der Waals surface area contributed by atoms with Crippen molar-refractivity contribution in [1.29, 1.82) is 0 Å². The van der Waals surface area contributed by atoms with Gasteiger partial charge in [-0.25, -0.2) is 4.79 Å². The minimum atomic E-state index is -0.978. The fourth-order valence-electron chi connectivity index (χ4n) is 2.54. The van der Waals surface area contributed by atoms with Gasteiger partial charge in [-0.2, -0.15) is 0 Å². The van der Waals surface area contributed by atoms with Crippen molar-refractivity contribution in [3.05, 3.63) is 0 Å². The van der Waals surface area contributed by atoms with Crippen molar-refractivity contribution >= 4 is 17.8 Å². The van der Waals surface area contributed by atoms with E-state index in [4.69, 9.17) is 5.11 Å². The third kappa shape index (κ3) is 3.72. The molecule has 0 radical (unpaired) electrons. The Labute approximate surface area is 125 Å². The molecule has 1 aliphatic rings. The number of hydrogen-bond donors (Lipinski definition) is 2. The summed E-state index contributed by atoms with van der Waals surface area (Å²) in [5.41, 5.74) is -0.978. The molecule has 4 amide bonds. The van der Waals surface area contributed by atoms with Crippen LogP contribution in [0.5, 0.6) is 0 Å². The highest BCUT2D eigenvalue weighted by Gasteiger charge is 2.45. The van der Waals surface area contributed by atoms with Crippen LogP contribution in [-0.4, -0.2) is 64.0 Å². The molecule has 0 aromatic rings. The summed E-state index contributed by atoms with van der Waals surface area (Å²) < 4.78 is 0. The normalized spacial score (nSPS) is 17.3. The summed E-state index contributed by atoms with van der Waals surface area (Å²) in [7, 11) is 0. The van der Waals surface area contributed by atoms with E-state index in [1.54, 1.807) is 18.7 Å². The molecule has 0 saturated carbocycles. The molecule has 21 heavy (non-hydrogen) atoms. The number of hydrogen-bond acceptors (Lipinski definition) is 4. The third-order valence-electron chi connectivity index (χ3n) is 3.78. The van der Waals surface area contributed by atoms with Gasteiger partial charge in [0.1, 0.15) is 12.1 Å². The first-order valence-corrected chi connectivity index (χ1v) is 7.32. The Morgan fingerprint density at radius 1 is 1.33 bits per heavy atom. The van der Waals surface area contributed by atoms with Gasteiger partial charge in [0, 0.05) is 12.6 Å². The van der Waals surface area contributed by atoms with E-state index < -0.39 is 17.5 Å². The van der Waals surface area contributed by atoms with E-state index >= 15 is 0 Å². The number of nitrogens with zero attached hydrogens (tertiary/aromatic N) is 2. The summed E-state index contributed by atoms with van der Waals surface area (Å²) in [6.07, 6.45) is 1.52. The molecule has 1 fully saturated rings. The third-order valence-corrected chi connectivity index (χ3v) is 3.78. The summed E-state index contributed by atoms with van der Waals surface area (Å²) in [6.45, 7) is 6.90. The fraction of sp³-hybridized carbons (Fsp3) is 0.786. The molecule has 1 heterocycles. The lowest BCUT2D eigenvalue weighted by atomic mass is 10.1. The van der Waals surface area contributed by atoms with Crippen LogP contribution in [0.1, 0.15) is 40.5 Å². The van der Waals surface area contributed by atoms with Crippen molar-refractivity contribution in [2.24, 2.45) is 0 Å². The van der Waals surface area contributed by atoms with Crippen LogP contribution in [0.2, 0.25) is 0 Å². The van der Waals surface area contributed by atoms with Crippen molar-refractivity contribution in [3.63, 3.8) is 0 Å². The van der Waals surface area contributed by atoms with Crippen LogP contribution in [0.3, 0.4) is 0 Å². The van der Waals surface area contributed by atoms with Gasteiger partial charge in [-0.1, -0.05) is 13.8 Å². The van der Waals surface area contributed by atoms with E-state index in [-0.39, 0.29) is 31.6 Å². The van der Waals surface area contributed by atoms with Crippen LogP contribution in [0.25, 0.3) is 0 Å². The number of urea groups is 1. The number of carbonyl (C=O) groups excluding carboxylic acids is 3. The maximum Gasteiger partial charge on any atom is 0.325 e. The van der Waals surface area contributed by atoms with Gasteiger partial charge >= 0.3 is 6.03 Å². The van der Waals surface area contributed by atoms with Crippen LogP contribution >= 0.6 is 0 Å². The molecule has 1 aliphatic heterocycles. The lowest BCUT2D eigenvalue weighted by Crippen LogP contribution is -2.48. The first kappa shape index (κ1) is 17.4. The van der Waals surface area contributed by atoms with E-state index in [1.807, 2.05) is 13.8 Å². The zero-order valence-corrected chi connectivity index (χ0v) is 13.2. The van der Waals surface area contributed by atoms with Crippen molar-refractivity contribution < 1.29 is 19.5 Å². The number of rotatable bonds is 7. The fourth-order valence-corrected chi connectivity index (χ4v) is 2.54. The second kappa shape index (κ2) is 6.89. The molecule has 0 aromatic heterocycles. The molecular formula is C14H25N3O4. The van der Waals surface area contributed by atoms with E-state index in [0.29, 0.717) is 0 Å². The van der Waals surface area contributed by atoms with Crippen molar-refractivity contribution in [2.75, 3.05) is 19.7 Å². The molecule has 120 valence electrons. The summed E-state index contributed by atoms with van der Waals surface area (Å²) in [4.78, 5) is 38.8. The SMILES string of the molecule is CCC(CC)N(CCO)C(=O)CN1C(=O)NC(C)(C)C1=O. The Balaban J connectivity index is 2.82. The van der Waals surface area contributed by atoms with Crippen LogP contribution in [0, 0.1) is 0 Å². The van der Waals surface area contributed by atoms with Gasteiger partial charge in [0.2, 0.25) is 5.91 Å². The van der Waals surface area contributed by atoms with Gasteiger partial charge in [0.25, 0.3) is 5.91 Å². The van der Waals surface area contributed by atoms with E-state index in [2.05, 4.69) is 5.32 Å². The number of nitrogens with one attached hydrogen (secondary N) is 1. The average molecular weight is 299 g/mol. The smallest absolute Gasteiger partial charge is 0.325 e. The molecule has 0 unspecified atom stereocenters. The van der Waals surface area contributed by atoms with Crippen molar-refractivity contribution in [2.45, 2.75) is 52.1 Å². The molecule has 0 aromatic carbocycles. The van der Waals surface area contributed by atoms with Crippen LogP contribution in [0.15, 0.2) is 0 Å². The topological polar surface area (TPSA) is 89.9 Å². The highest BCUT2D eigenvalue weighted by molar-refractivity contribution is 6.08. The van der Waals surface area contributed by atoms with Gasteiger partial charge in [-0.15, -0.1) is 0 Å². The maximum atomic E-state index is 12.4. The van der Waals surface area contributed by atoms with Crippen LogP contribution in [-0.2, 0) is 9.59 Å². The minimum Gasteiger partial charge on any atom is -0.395 e. The maximum absolute atomic E-state index is 12.4. The number of carbonyl (C=O) groups is 3. The largest absolute Gasteiger partial charge is 0.395 e. The summed E-state index contributed by atoms with van der Waals surface area (Å²) in [6, 6.07) is -0.551. The van der Waals surface area contributed by atoms with Crippen LogP contribution < -0.4 is 5.32 Å². The summed E-state index contributed by atoms with van der Waals surface area (Å²) in [5, 5.41) is 11.7. The lowest BCUT2D eigenvalue weighted by Gasteiger charge is -2.31. The highest BCUT2D eigenvalue weighted by atomic mass is 16.3. The number of imide groups is 1. The Morgan fingerprint density at radius 3 is 2.29 bits per heavy atom. The van der Waals surface area contributed by atoms with Gasteiger partial charge in [-0.05, 0) is 26.7 Å². The Morgan fingerprint density at radius 2 is 1.90 bits per heavy atom. The van der Waals surface area contributed by atoms with Crippen LogP contribution in [0.4, 0.5) is 4.79 Å². The molecular weight excluding hydrogens is 274 g/mol. The van der Waals surface area contributed by atoms with Gasteiger partial charge in [0.15, 0.2) is 0 Å². The highest BCUT2D eigenvalue weighted by Crippen LogP contribution is 2.17. The zero-order chi connectivity index (χ0) is 16.2. The lowest BCUT2D eigenvalue weighted by molar-refractivity contribution is -0.140. The molecule has 7 nitrogen and oxygen atoms in total. The van der Waals surface area contributed by atoms with Crippen molar-refractivity contribution in [1.82, 2.24) is 15.1 Å². The van der Waals surface area contributed by atoms with Gasteiger partial charge < -0.3 is 15.3 Å². The molecule has 0 bridgehead atoms. The molecule has 0 atom stereocenters. The predicted molar refractivity (Wildman–Crippen MR) is 77.5 cm³/mol. The molecule has 1 saturated heterocycles. The van der Waals surface area contributed by atoms with E-state index in [1.165, 1.54) is 0 Å². The molecule has 0 spiro atoms. The molecule has 0 aliphatic carbocycles. The second-order valence-corrected chi connectivity index (χ2v) is 5.73. The van der Waals surface area contributed by atoms with E-state index in [0.717, 1.165) is 17.7 Å². The summed E-state index contributed by atoms with van der Waals surface area (Å²) >= 11 is 0. The zero-order valence-electron chi connectivity index (χ0n) is 13.2.